The monoisotopic (exact) mass is 182 g/mol. The molecule has 0 aromatic heterocycles. The molecule has 1 aliphatic rings. The Bertz CT molecular complexity index is 154. The average molecular weight is 182 g/mol. The van der Waals surface area contributed by atoms with E-state index in [1.165, 1.54) is 12.8 Å². The molecule has 0 N–H and O–H groups in total. The maximum atomic E-state index is 5.54. The van der Waals surface area contributed by atoms with Crippen molar-refractivity contribution >= 4 is 0 Å². The van der Waals surface area contributed by atoms with E-state index in [0.29, 0.717) is 0 Å². The van der Waals surface area contributed by atoms with Gasteiger partial charge in [-0.1, -0.05) is 0 Å². The van der Waals surface area contributed by atoms with Gasteiger partial charge in [0, 0.05) is 19.6 Å². The molecule has 0 bridgehead atoms. The van der Waals surface area contributed by atoms with Crippen LogP contribution in [0.15, 0.2) is 0 Å². The van der Waals surface area contributed by atoms with E-state index in [2.05, 4.69) is 5.92 Å². The second-order valence-electron chi connectivity index (χ2n) is 3.33. The zero-order valence-corrected chi connectivity index (χ0v) is 8.13. The van der Waals surface area contributed by atoms with Crippen molar-refractivity contribution in [2.45, 2.75) is 44.8 Å². The maximum Gasteiger partial charge on any atom is 0.157 e. The van der Waals surface area contributed by atoms with Crippen LogP contribution in [0.25, 0.3) is 0 Å². The summed E-state index contributed by atoms with van der Waals surface area (Å²) in [6.45, 7) is 1.64. The topological polar surface area (TPSA) is 18.5 Å². The van der Waals surface area contributed by atoms with Gasteiger partial charge in [0.25, 0.3) is 0 Å². The molecule has 0 spiro atoms. The third-order valence-corrected chi connectivity index (χ3v) is 2.16. The van der Waals surface area contributed by atoms with E-state index >= 15 is 0 Å². The van der Waals surface area contributed by atoms with Gasteiger partial charge in [-0.25, -0.2) is 0 Å². The van der Waals surface area contributed by atoms with Gasteiger partial charge < -0.3 is 9.47 Å². The van der Waals surface area contributed by atoms with Crippen LogP contribution < -0.4 is 0 Å². The highest BCUT2D eigenvalue weighted by molar-refractivity contribution is 4.82. The molecular weight excluding hydrogens is 164 g/mol. The summed E-state index contributed by atoms with van der Waals surface area (Å²) in [4.78, 5) is 0. The molecule has 1 heterocycles. The van der Waals surface area contributed by atoms with E-state index in [1.54, 1.807) is 0 Å². The molecule has 2 nitrogen and oxygen atoms in total. The molecule has 0 aliphatic carbocycles. The summed E-state index contributed by atoms with van der Waals surface area (Å²) in [7, 11) is 0. The van der Waals surface area contributed by atoms with Gasteiger partial charge in [-0.05, 0) is 32.1 Å². The molecule has 1 unspecified atom stereocenters. The molecule has 0 radical (unpaired) electrons. The summed E-state index contributed by atoms with van der Waals surface area (Å²) in [5.74, 6) is 2.62. The summed E-state index contributed by atoms with van der Waals surface area (Å²) in [5, 5.41) is 0. The fourth-order valence-corrected chi connectivity index (χ4v) is 1.39. The maximum absolute atomic E-state index is 5.54. The van der Waals surface area contributed by atoms with E-state index in [-0.39, 0.29) is 6.29 Å². The predicted octanol–water partition coefficient (Wildman–Crippen LogP) is 2.33. The Kier molecular flexibility index (Phi) is 5.64. The minimum absolute atomic E-state index is 0.0552. The lowest BCUT2D eigenvalue weighted by atomic mass is 10.2. The average Bonchev–Trinajstić information content (AvgIpc) is 2.19. The first-order valence-corrected chi connectivity index (χ1v) is 5.10. The zero-order valence-electron chi connectivity index (χ0n) is 8.13. The molecule has 0 aromatic carbocycles. The number of unbranched alkanes of at least 4 members (excludes halogenated alkanes) is 2. The third kappa shape index (κ3) is 4.92. The Hall–Kier alpha value is -0.520. The summed E-state index contributed by atoms with van der Waals surface area (Å²) < 4.78 is 11.0. The number of rotatable bonds is 5. The van der Waals surface area contributed by atoms with Crippen molar-refractivity contribution in [1.82, 2.24) is 0 Å². The van der Waals surface area contributed by atoms with Crippen LogP contribution in [0.4, 0.5) is 0 Å². The van der Waals surface area contributed by atoms with Gasteiger partial charge in [-0.3, -0.25) is 0 Å². The highest BCUT2D eigenvalue weighted by atomic mass is 16.7. The summed E-state index contributed by atoms with van der Waals surface area (Å²) in [5.41, 5.74) is 0. The first-order valence-electron chi connectivity index (χ1n) is 5.10. The van der Waals surface area contributed by atoms with Crippen LogP contribution in [0.5, 0.6) is 0 Å². The number of hydrogen-bond acceptors (Lipinski definition) is 2. The van der Waals surface area contributed by atoms with Crippen molar-refractivity contribution in [1.29, 1.82) is 0 Å². The van der Waals surface area contributed by atoms with Crippen LogP contribution in [-0.2, 0) is 9.47 Å². The van der Waals surface area contributed by atoms with Crippen LogP contribution in [0.3, 0.4) is 0 Å². The van der Waals surface area contributed by atoms with Crippen molar-refractivity contribution in [3.63, 3.8) is 0 Å². The molecule has 13 heavy (non-hydrogen) atoms. The molecule has 1 rings (SSSR count). The predicted molar refractivity (Wildman–Crippen MR) is 52.2 cm³/mol. The van der Waals surface area contributed by atoms with Gasteiger partial charge in [0.05, 0.1) is 0 Å². The standard InChI is InChI=1S/C11H18O2/c1-2-3-4-6-9-12-11-8-5-7-10-13-11/h1,11H,3-10H2. The van der Waals surface area contributed by atoms with Crippen molar-refractivity contribution in [2.75, 3.05) is 13.2 Å². The number of hydrogen-bond donors (Lipinski definition) is 0. The fourth-order valence-electron chi connectivity index (χ4n) is 1.39. The summed E-state index contributed by atoms with van der Waals surface area (Å²) in [6.07, 6.45) is 11.6. The highest BCUT2D eigenvalue weighted by Gasteiger charge is 2.12. The second-order valence-corrected chi connectivity index (χ2v) is 3.33. The van der Waals surface area contributed by atoms with Gasteiger partial charge in [0.15, 0.2) is 6.29 Å². The van der Waals surface area contributed by atoms with E-state index < -0.39 is 0 Å². The lowest BCUT2D eigenvalue weighted by Gasteiger charge is -2.22. The fraction of sp³-hybridized carbons (Fsp3) is 0.818. The van der Waals surface area contributed by atoms with Crippen molar-refractivity contribution in [2.24, 2.45) is 0 Å². The molecular formula is C11H18O2. The van der Waals surface area contributed by atoms with Gasteiger partial charge in [0.2, 0.25) is 0 Å². The molecule has 1 aliphatic heterocycles. The summed E-state index contributed by atoms with van der Waals surface area (Å²) >= 11 is 0. The van der Waals surface area contributed by atoms with Crippen LogP contribution in [0.2, 0.25) is 0 Å². The lowest BCUT2D eigenvalue weighted by molar-refractivity contribution is -0.162. The smallest absolute Gasteiger partial charge is 0.157 e. The first-order chi connectivity index (χ1) is 6.43. The van der Waals surface area contributed by atoms with Gasteiger partial charge >= 0.3 is 0 Å². The van der Waals surface area contributed by atoms with E-state index in [4.69, 9.17) is 15.9 Å². The quantitative estimate of drug-likeness (QED) is 0.480. The molecule has 2 heteroatoms. The van der Waals surface area contributed by atoms with Crippen LogP contribution in [0.1, 0.15) is 38.5 Å². The Labute approximate surface area is 80.6 Å². The second kappa shape index (κ2) is 6.94. The number of terminal acetylenes is 1. The van der Waals surface area contributed by atoms with Crippen molar-refractivity contribution in [3.8, 4) is 12.3 Å². The Morgan fingerprint density at radius 2 is 2.31 bits per heavy atom. The van der Waals surface area contributed by atoms with Crippen LogP contribution in [-0.4, -0.2) is 19.5 Å². The van der Waals surface area contributed by atoms with E-state index in [1.807, 2.05) is 0 Å². The Morgan fingerprint density at radius 3 is 3.00 bits per heavy atom. The van der Waals surface area contributed by atoms with Gasteiger partial charge in [-0.2, -0.15) is 0 Å². The van der Waals surface area contributed by atoms with Crippen LogP contribution in [0, 0.1) is 12.3 Å². The Balaban J connectivity index is 1.90. The molecule has 0 aromatic rings. The minimum Gasteiger partial charge on any atom is -0.353 e. The van der Waals surface area contributed by atoms with Gasteiger partial charge in [0.1, 0.15) is 0 Å². The minimum atomic E-state index is 0.0552. The lowest BCUT2D eigenvalue weighted by Crippen LogP contribution is -2.22. The number of ether oxygens (including phenoxy) is 2. The molecule has 0 amide bonds. The first kappa shape index (κ1) is 10.6. The van der Waals surface area contributed by atoms with Crippen molar-refractivity contribution < 1.29 is 9.47 Å². The summed E-state index contributed by atoms with van der Waals surface area (Å²) in [6, 6.07) is 0. The van der Waals surface area contributed by atoms with Gasteiger partial charge in [-0.15, -0.1) is 12.3 Å². The molecule has 1 atom stereocenters. The molecule has 1 fully saturated rings. The zero-order chi connectivity index (χ0) is 9.36. The molecule has 0 saturated carbocycles. The SMILES string of the molecule is C#CCCCCOC1CCCCO1. The molecule has 1 saturated heterocycles. The normalized spacial score (nSPS) is 22.5. The van der Waals surface area contributed by atoms with E-state index in [0.717, 1.165) is 38.9 Å². The van der Waals surface area contributed by atoms with Crippen molar-refractivity contribution in [3.05, 3.63) is 0 Å². The third-order valence-electron chi connectivity index (χ3n) is 2.16. The van der Waals surface area contributed by atoms with Crippen LogP contribution >= 0.6 is 0 Å². The highest BCUT2D eigenvalue weighted by Crippen LogP contribution is 2.13. The largest absolute Gasteiger partial charge is 0.353 e. The van der Waals surface area contributed by atoms with E-state index in [9.17, 15) is 0 Å². The molecule has 74 valence electrons. The Morgan fingerprint density at radius 1 is 1.38 bits per heavy atom.